The number of nitrogens with zero attached hydrogens (tertiary/aromatic N) is 7. The molecule has 0 saturated heterocycles. The van der Waals surface area contributed by atoms with Crippen molar-refractivity contribution in [3.63, 3.8) is 0 Å². The Morgan fingerprint density at radius 1 is 1.23 bits per heavy atom. The molecular formula is C24H22FN7O3. The Kier molecular flexibility index (Phi) is 4.88. The minimum atomic E-state index is -0.768. The molecule has 0 N–H and O–H groups in total. The van der Waals surface area contributed by atoms with Crippen LogP contribution in [-0.2, 0) is 17.8 Å². The summed E-state index contributed by atoms with van der Waals surface area (Å²) in [6.07, 6.45) is 7.44. The highest BCUT2D eigenvalue weighted by Crippen LogP contribution is 2.35. The molecule has 1 aliphatic carbocycles. The van der Waals surface area contributed by atoms with E-state index in [1.54, 1.807) is 31.1 Å². The zero-order chi connectivity index (χ0) is 24.2. The number of hydrogen-bond acceptors (Lipinski definition) is 8. The Bertz CT molecular complexity index is 1500. The van der Waals surface area contributed by atoms with Gasteiger partial charge in [-0.15, -0.1) is 5.10 Å². The van der Waals surface area contributed by atoms with Gasteiger partial charge in [0.15, 0.2) is 0 Å². The molecule has 0 bridgehead atoms. The van der Waals surface area contributed by atoms with Crippen molar-refractivity contribution in [2.45, 2.75) is 38.9 Å². The maximum Gasteiger partial charge on any atom is 0.223 e. The van der Waals surface area contributed by atoms with Gasteiger partial charge in [0.1, 0.15) is 29.3 Å². The summed E-state index contributed by atoms with van der Waals surface area (Å²) >= 11 is 0. The molecule has 0 radical (unpaired) electrons. The van der Waals surface area contributed by atoms with Gasteiger partial charge in [-0.25, -0.2) is 14.1 Å². The van der Waals surface area contributed by atoms with E-state index < -0.39 is 5.60 Å². The number of fused-ring (bicyclic) bond motifs is 5. The van der Waals surface area contributed by atoms with Crippen molar-refractivity contribution in [3.8, 4) is 28.6 Å². The van der Waals surface area contributed by atoms with Gasteiger partial charge in [-0.3, -0.25) is 4.57 Å². The van der Waals surface area contributed by atoms with Crippen LogP contribution in [0.3, 0.4) is 0 Å². The second-order valence-corrected chi connectivity index (χ2v) is 8.71. The summed E-state index contributed by atoms with van der Waals surface area (Å²) in [6, 6.07) is 5.72. The number of aryl methyl sites for hydroxylation is 1. The molecule has 11 heteroatoms. The second-order valence-electron chi connectivity index (χ2n) is 8.71. The number of methoxy groups -OCH3 is 1. The summed E-state index contributed by atoms with van der Waals surface area (Å²) < 4.78 is 34.4. The topological polar surface area (TPSA) is 106 Å². The lowest BCUT2D eigenvalue weighted by atomic mass is 9.97. The predicted molar refractivity (Wildman–Crippen MR) is 122 cm³/mol. The molecule has 2 aliphatic rings. The van der Waals surface area contributed by atoms with Gasteiger partial charge in [-0.1, -0.05) is 16.4 Å². The fraction of sp³-hybridized carbons (Fsp3) is 0.292. The van der Waals surface area contributed by atoms with Crippen LogP contribution in [0.2, 0.25) is 0 Å². The molecule has 1 unspecified atom stereocenters. The number of benzene rings is 1. The van der Waals surface area contributed by atoms with Gasteiger partial charge in [-0.2, -0.15) is 4.98 Å². The first-order chi connectivity index (χ1) is 16.9. The molecule has 3 aromatic heterocycles. The molecule has 1 aromatic carbocycles. The quantitative estimate of drug-likeness (QED) is 0.378. The highest BCUT2D eigenvalue weighted by Gasteiger charge is 2.30. The predicted octanol–water partition coefficient (Wildman–Crippen LogP) is 3.81. The van der Waals surface area contributed by atoms with Gasteiger partial charge in [0, 0.05) is 19.4 Å². The largest absolute Gasteiger partial charge is 0.497 e. The Balaban J connectivity index is 1.46. The smallest absolute Gasteiger partial charge is 0.223 e. The number of ether oxygens (including phenoxy) is 2. The lowest BCUT2D eigenvalue weighted by Crippen LogP contribution is -2.27. The molecule has 4 aromatic rings. The standard InChI is InChI=1S/C24H22FN7O3/c1-14-27-23(29-35-14)22-21-10-19-17(12-34-24(2)8-4-5-15(25)11-24)28-30-32(19)20-9-16(33-3)6-7-18(20)31(21)13-26-22/h4-7,9,11,13H,8,10,12H2,1-3H3. The highest BCUT2D eigenvalue weighted by atomic mass is 19.1. The van der Waals surface area contributed by atoms with Crippen LogP contribution in [0.4, 0.5) is 4.39 Å². The van der Waals surface area contributed by atoms with Crippen LogP contribution in [0.15, 0.2) is 53.1 Å². The van der Waals surface area contributed by atoms with E-state index in [9.17, 15) is 4.39 Å². The number of rotatable bonds is 5. The molecule has 0 amide bonds. The van der Waals surface area contributed by atoms with Crippen LogP contribution in [0.5, 0.6) is 5.75 Å². The lowest BCUT2D eigenvalue weighted by molar-refractivity contribution is -0.00857. The molecular weight excluding hydrogens is 453 g/mol. The number of aromatic nitrogens is 7. The average molecular weight is 475 g/mol. The van der Waals surface area contributed by atoms with Crippen LogP contribution in [0.25, 0.3) is 22.9 Å². The number of allylic oxidation sites excluding steroid dienone is 2. The maximum absolute atomic E-state index is 13.9. The molecule has 10 nitrogen and oxygen atoms in total. The summed E-state index contributed by atoms with van der Waals surface area (Å²) in [5, 5.41) is 12.9. The van der Waals surface area contributed by atoms with Gasteiger partial charge in [-0.05, 0) is 37.6 Å². The molecule has 1 atom stereocenters. The summed E-state index contributed by atoms with van der Waals surface area (Å²) in [6.45, 7) is 3.75. The van der Waals surface area contributed by atoms with Gasteiger partial charge in [0.25, 0.3) is 0 Å². The monoisotopic (exact) mass is 475 g/mol. The fourth-order valence-corrected chi connectivity index (χ4v) is 4.45. The molecule has 35 heavy (non-hydrogen) atoms. The van der Waals surface area contributed by atoms with Crippen LogP contribution >= 0.6 is 0 Å². The van der Waals surface area contributed by atoms with E-state index in [0.29, 0.717) is 41.7 Å². The van der Waals surface area contributed by atoms with Gasteiger partial charge in [0.05, 0.1) is 42.1 Å². The van der Waals surface area contributed by atoms with E-state index in [4.69, 9.17) is 14.0 Å². The SMILES string of the molecule is COc1ccc2c(c1)-n1nnc(COC3(C)C=C(F)C=CC3)c1Cc1c(-c3noc(C)n3)ncn1-2. The highest BCUT2D eigenvalue weighted by molar-refractivity contribution is 5.63. The molecule has 6 rings (SSSR count). The first-order valence-corrected chi connectivity index (χ1v) is 11.1. The third-order valence-corrected chi connectivity index (χ3v) is 6.24. The molecule has 0 spiro atoms. The third-order valence-electron chi connectivity index (χ3n) is 6.24. The first kappa shape index (κ1) is 21.4. The van der Waals surface area contributed by atoms with Gasteiger partial charge in [0.2, 0.25) is 11.7 Å². The van der Waals surface area contributed by atoms with E-state index >= 15 is 0 Å². The van der Waals surface area contributed by atoms with Crippen molar-refractivity contribution >= 4 is 0 Å². The Hall–Kier alpha value is -4.12. The first-order valence-electron chi connectivity index (χ1n) is 11.1. The molecule has 0 fully saturated rings. The van der Waals surface area contributed by atoms with Gasteiger partial charge < -0.3 is 14.0 Å². The van der Waals surface area contributed by atoms with E-state index in [2.05, 4.69) is 25.4 Å². The normalized spacial score (nSPS) is 18.5. The van der Waals surface area contributed by atoms with Crippen LogP contribution in [0, 0.1) is 6.92 Å². The third kappa shape index (κ3) is 3.64. The van der Waals surface area contributed by atoms with Crippen LogP contribution < -0.4 is 4.74 Å². The van der Waals surface area contributed by atoms with Crippen molar-refractivity contribution in [1.29, 1.82) is 0 Å². The summed E-state index contributed by atoms with van der Waals surface area (Å²) in [5.41, 5.74) is 3.80. The van der Waals surface area contributed by atoms with Crippen molar-refractivity contribution in [2.75, 3.05) is 7.11 Å². The van der Waals surface area contributed by atoms with E-state index in [-0.39, 0.29) is 12.4 Å². The van der Waals surface area contributed by atoms with E-state index in [1.165, 1.54) is 12.2 Å². The van der Waals surface area contributed by atoms with Crippen molar-refractivity contribution in [2.24, 2.45) is 0 Å². The average Bonchev–Trinajstić information content (AvgIpc) is 3.54. The van der Waals surface area contributed by atoms with Crippen LogP contribution in [-0.4, -0.2) is 47.4 Å². The van der Waals surface area contributed by atoms with Crippen molar-refractivity contribution in [1.82, 2.24) is 34.7 Å². The number of imidazole rings is 1. The molecule has 178 valence electrons. The zero-order valence-electron chi connectivity index (χ0n) is 19.4. The summed E-state index contributed by atoms with van der Waals surface area (Å²) in [4.78, 5) is 8.97. The van der Waals surface area contributed by atoms with E-state index in [1.807, 2.05) is 29.7 Å². The second kappa shape index (κ2) is 7.98. The Morgan fingerprint density at radius 2 is 2.11 bits per heavy atom. The van der Waals surface area contributed by atoms with Crippen molar-refractivity contribution in [3.05, 3.63) is 71.6 Å². The van der Waals surface area contributed by atoms with Crippen molar-refractivity contribution < 1.29 is 18.4 Å². The Labute approximate surface area is 199 Å². The van der Waals surface area contributed by atoms with Gasteiger partial charge >= 0.3 is 0 Å². The van der Waals surface area contributed by atoms with E-state index in [0.717, 1.165) is 22.8 Å². The zero-order valence-corrected chi connectivity index (χ0v) is 19.4. The summed E-state index contributed by atoms with van der Waals surface area (Å²) in [7, 11) is 1.62. The molecule has 4 heterocycles. The number of halogens is 1. The number of hydrogen-bond donors (Lipinski definition) is 0. The Morgan fingerprint density at radius 3 is 2.89 bits per heavy atom. The maximum atomic E-state index is 13.9. The minimum Gasteiger partial charge on any atom is -0.497 e. The summed E-state index contributed by atoms with van der Waals surface area (Å²) in [5.74, 6) is 1.23. The molecule has 1 aliphatic heterocycles. The fourth-order valence-electron chi connectivity index (χ4n) is 4.45. The lowest BCUT2D eigenvalue weighted by Gasteiger charge is -2.27. The molecule has 0 saturated carbocycles. The van der Waals surface area contributed by atoms with Crippen LogP contribution in [0.1, 0.15) is 36.3 Å². The minimum absolute atomic E-state index is 0.160.